The molecule has 0 spiro atoms. The lowest BCUT2D eigenvalue weighted by molar-refractivity contribution is 0.0943. The van der Waals surface area contributed by atoms with Gasteiger partial charge in [0.25, 0.3) is 5.91 Å². The Kier molecular flexibility index (Phi) is 4.08. The monoisotopic (exact) mass is 331 g/mol. The van der Waals surface area contributed by atoms with Crippen molar-refractivity contribution in [3.63, 3.8) is 0 Å². The van der Waals surface area contributed by atoms with Crippen molar-refractivity contribution in [2.45, 2.75) is 6.54 Å². The van der Waals surface area contributed by atoms with E-state index in [0.29, 0.717) is 0 Å². The Morgan fingerprint density at radius 3 is 2.56 bits per heavy atom. The summed E-state index contributed by atoms with van der Waals surface area (Å²) in [4.78, 5) is 12.6. The third-order valence-corrected chi connectivity index (χ3v) is 3.57. The first-order chi connectivity index (χ1) is 8.58. The molecule has 1 N–H and O–H groups in total. The maximum atomic E-state index is 13.5. The van der Waals surface area contributed by atoms with Crippen LogP contribution in [0, 0.1) is 11.6 Å². The van der Waals surface area contributed by atoms with Gasteiger partial charge >= 0.3 is 0 Å². The lowest BCUT2D eigenvalue weighted by atomic mass is 10.2. The SMILES string of the molecule is O=C(NCc1cccs1)c1c(F)cc(Br)cc1F. The fourth-order valence-corrected chi connectivity index (χ4v) is 2.47. The summed E-state index contributed by atoms with van der Waals surface area (Å²) in [5.41, 5.74) is -0.560. The molecule has 94 valence electrons. The summed E-state index contributed by atoms with van der Waals surface area (Å²) >= 11 is 4.42. The molecule has 0 atom stereocenters. The quantitative estimate of drug-likeness (QED) is 0.912. The summed E-state index contributed by atoms with van der Waals surface area (Å²) in [6.45, 7) is 0.255. The maximum Gasteiger partial charge on any atom is 0.257 e. The largest absolute Gasteiger partial charge is 0.347 e. The first-order valence-corrected chi connectivity index (χ1v) is 6.70. The number of hydrogen-bond donors (Lipinski definition) is 1. The van der Waals surface area contributed by atoms with Gasteiger partial charge in [0.1, 0.15) is 17.2 Å². The van der Waals surface area contributed by atoms with E-state index < -0.39 is 23.1 Å². The van der Waals surface area contributed by atoms with E-state index in [9.17, 15) is 13.6 Å². The maximum absolute atomic E-state index is 13.5. The zero-order chi connectivity index (χ0) is 13.1. The summed E-state index contributed by atoms with van der Waals surface area (Å²) in [7, 11) is 0. The molecule has 1 amide bonds. The van der Waals surface area contributed by atoms with Crippen molar-refractivity contribution >= 4 is 33.2 Å². The zero-order valence-corrected chi connectivity index (χ0v) is 11.4. The molecule has 0 aliphatic heterocycles. The smallest absolute Gasteiger partial charge is 0.257 e. The Balaban J connectivity index is 2.14. The van der Waals surface area contributed by atoms with Gasteiger partial charge in [0.05, 0.1) is 6.54 Å². The molecule has 0 saturated carbocycles. The average Bonchev–Trinajstić information content (AvgIpc) is 2.77. The van der Waals surface area contributed by atoms with Crippen molar-refractivity contribution in [1.29, 1.82) is 0 Å². The third kappa shape index (κ3) is 2.94. The van der Waals surface area contributed by atoms with Gasteiger partial charge in [0.2, 0.25) is 0 Å². The highest BCUT2D eigenvalue weighted by atomic mass is 79.9. The van der Waals surface area contributed by atoms with Crippen LogP contribution in [0.2, 0.25) is 0 Å². The molecular weight excluding hydrogens is 324 g/mol. The second kappa shape index (κ2) is 5.58. The number of thiophene rings is 1. The zero-order valence-electron chi connectivity index (χ0n) is 9.04. The minimum atomic E-state index is -0.884. The van der Waals surface area contributed by atoms with Crippen LogP contribution < -0.4 is 5.32 Å². The van der Waals surface area contributed by atoms with Crippen LogP contribution in [0.5, 0.6) is 0 Å². The minimum Gasteiger partial charge on any atom is -0.347 e. The molecule has 18 heavy (non-hydrogen) atoms. The fraction of sp³-hybridized carbons (Fsp3) is 0.0833. The standard InChI is InChI=1S/C12H8BrF2NOS/c13-7-4-9(14)11(10(15)5-7)12(17)16-6-8-2-1-3-18-8/h1-5H,6H2,(H,16,17). The highest BCUT2D eigenvalue weighted by Crippen LogP contribution is 2.19. The predicted octanol–water partition coefficient (Wildman–Crippen LogP) is 3.72. The number of carbonyl (C=O) groups excluding carboxylic acids is 1. The van der Waals surface area contributed by atoms with Crippen molar-refractivity contribution in [1.82, 2.24) is 5.32 Å². The van der Waals surface area contributed by atoms with Gasteiger partial charge in [-0.2, -0.15) is 0 Å². The number of benzene rings is 1. The van der Waals surface area contributed by atoms with Crippen LogP contribution in [-0.4, -0.2) is 5.91 Å². The molecule has 1 aromatic heterocycles. The summed E-state index contributed by atoms with van der Waals surface area (Å²) in [5, 5.41) is 4.34. The number of amides is 1. The lowest BCUT2D eigenvalue weighted by Gasteiger charge is -2.06. The fourth-order valence-electron chi connectivity index (χ4n) is 1.43. The van der Waals surface area contributed by atoms with Crippen molar-refractivity contribution in [3.05, 3.63) is 56.2 Å². The van der Waals surface area contributed by atoms with Gasteiger partial charge in [0, 0.05) is 9.35 Å². The first kappa shape index (κ1) is 13.2. The van der Waals surface area contributed by atoms with E-state index in [1.54, 1.807) is 0 Å². The van der Waals surface area contributed by atoms with Gasteiger partial charge in [-0.25, -0.2) is 8.78 Å². The summed E-state index contributed by atoms with van der Waals surface area (Å²) in [5.74, 6) is -2.53. The molecule has 2 rings (SSSR count). The number of carbonyl (C=O) groups is 1. The Hall–Kier alpha value is -1.27. The van der Waals surface area contributed by atoms with E-state index in [1.165, 1.54) is 11.3 Å². The molecule has 0 unspecified atom stereocenters. The summed E-state index contributed by atoms with van der Waals surface area (Å²) < 4.78 is 27.3. The van der Waals surface area contributed by atoms with Crippen molar-refractivity contribution in [2.24, 2.45) is 0 Å². The molecule has 2 nitrogen and oxygen atoms in total. The highest BCUT2D eigenvalue weighted by Gasteiger charge is 2.18. The molecule has 2 aromatic rings. The van der Waals surface area contributed by atoms with E-state index in [1.807, 2.05) is 17.5 Å². The molecule has 0 radical (unpaired) electrons. The van der Waals surface area contributed by atoms with E-state index in [4.69, 9.17) is 0 Å². The molecule has 0 saturated heterocycles. The highest BCUT2D eigenvalue weighted by molar-refractivity contribution is 9.10. The van der Waals surface area contributed by atoms with Crippen LogP contribution >= 0.6 is 27.3 Å². The van der Waals surface area contributed by atoms with Gasteiger partial charge in [-0.05, 0) is 23.6 Å². The van der Waals surface area contributed by atoms with Crippen molar-refractivity contribution in [3.8, 4) is 0 Å². The molecule has 0 aliphatic carbocycles. The number of hydrogen-bond acceptors (Lipinski definition) is 2. The number of halogens is 3. The van der Waals surface area contributed by atoms with E-state index in [2.05, 4.69) is 21.2 Å². The van der Waals surface area contributed by atoms with Crippen LogP contribution in [0.25, 0.3) is 0 Å². The Morgan fingerprint density at radius 2 is 2.00 bits per heavy atom. The number of rotatable bonds is 3. The van der Waals surface area contributed by atoms with Crippen LogP contribution in [0.4, 0.5) is 8.78 Å². The Morgan fingerprint density at radius 1 is 1.33 bits per heavy atom. The third-order valence-electron chi connectivity index (χ3n) is 2.24. The molecule has 6 heteroatoms. The molecule has 1 aromatic carbocycles. The topological polar surface area (TPSA) is 29.1 Å². The predicted molar refractivity (Wildman–Crippen MR) is 69.5 cm³/mol. The van der Waals surface area contributed by atoms with Gasteiger partial charge in [0.15, 0.2) is 0 Å². The van der Waals surface area contributed by atoms with Gasteiger partial charge in [-0.15, -0.1) is 11.3 Å². The van der Waals surface area contributed by atoms with Gasteiger partial charge in [-0.1, -0.05) is 22.0 Å². The summed E-state index contributed by atoms with van der Waals surface area (Å²) in [6.07, 6.45) is 0. The lowest BCUT2D eigenvalue weighted by Crippen LogP contribution is -2.24. The van der Waals surface area contributed by atoms with Crippen LogP contribution in [0.1, 0.15) is 15.2 Å². The molecule has 1 heterocycles. The number of nitrogens with one attached hydrogen (secondary N) is 1. The Bertz CT molecular complexity index is 548. The normalized spacial score (nSPS) is 10.4. The van der Waals surface area contributed by atoms with Crippen LogP contribution in [0.15, 0.2) is 34.1 Å². The van der Waals surface area contributed by atoms with Gasteiger partial charge < -0.3 is 5.32 Å². The van der Waals surface area contributed by atoms with E-state index >= 15 is 0 Å². The molecular formula is C12H8BrF2NOS. The Labute approximate surface area is 115 Å². The van der Waals surface area contributed by atoms with Crippen LogP contribution in [-0.2, 0) is 6.54 Å². The second-order valence-electron chi connectivity index (χ2n) is 3.51. The first-order valence-electron chi connectivity index (χ1n) is 5.03. The van der Waals surface area contributed by atoms with Crippen LogP contribution in [0.3, 0.4) is 0 Å². The second-order valence-corrected chi connectivity index (χ2v) is 5.45. The van der Waals surface area contributed by atoms with Gasteiger partial charge in [-0.3, -0.25) is 4.79 Å². The van der Waals surface area contributed by atoms with E-state index in [0.717, 1.165) is 17.0 Å². The minimum absolute atomic E-state index is 0.255. The molecule has 0 bridgehead atoms. The average molecular weight is 332 g/mol. The van der Waals surface area contributed by atoms with Crippen molar-refractivity contribution < 1.29 is 13.6 Å². The molecule has 0 fully saturated rings. The van der Waals surface area contributed by atoms with Crippen molar-refractivity contribution in [2.75, 3.05) is 0 Å². The van der Waals surface area contributed by atoms with E-state index in [-0.39, 0.29) is 11.0 Å². The molecule has 0 aliphatic rings. The summed E-state index contributed by atoms with van der Waals surface area (Å²) in [6, 6.07) is 5.79.